The molecule has 0 fully saturated rings. The van der Waals surface area contributed by atoms with Crippen LogP contribution in [0.25, 0.3) is 0 Å². The number of hydrogen-bond acceptors (Lipinski definition) is 1. The number of aromatic nitrogens is 1. The molecule has 0 saturated carbocycles. The van der Waals surface area contributed by atoms with Gasteiger partial charge in [-0.1, -0.05) is 11.6 Å². The Morgan fingerprint density at radius 3 is 2.58 bits per heavy atom. The van der Waals surface area contributed by atoms with Crippen LogP contribution in [0, 0.1) is 0 Å². The monoisotopic (exact) mass is 257 g/mol. The van der Waals surface area contributed by atoms with Crippen LogP contribution in [0.2, 0.25) is 5.02 Å². The Kier molecular flexibility index (Phi) is 2.85. The fourth-order valence-electron chi connectivity index (χ4n) is 0.713. The van der Waals surface area contributed by atoms with Crippen molar-refractivity contribution in [1.29, 1.82) is 0 Å². The van der Waals surface area contributed by atoms with Crippen molar-refractivity contribution in [3.8, 4) is 0 Å². The van der Waals surface area contributed by atoms with Gasteiger partial charge in [0.2, 0.25) is 0 Å². The third kappa shape index (κ3) is 1.84. The van der Waals surface area contributed by atoms with Crippen LogP contribution in [0.3, 0.4) is 0 Å². The van der Waals surface area contributed by atoms with E-state index in [1.54, 1.807) is 0 Å². The van der Waals surface area contributed by atoms with Gasteiger partial charge in [0.1, 0.15) is 5.56 Å². The first kappa shape index (κ1) is 9.67. The Balaban J connectivity index is 3.39. The Bertz CT molecular complexity index is 352. The summed E-state index contributed by atoms with van der Waals surface area (Å²) in [6, 6.07) is 1.21. The van der Waals surface area contributed by atoms with E-state index < -0.39 is 17.5 Å². The van der Waals surface area contributed by atoms with Gasteiger partial charge in [-0.25, -0.2) is 8.78 Å². The van der Waals surface area contributed by atoms with Gasteiger partial charge in [-0.05, 0) is 22.0 Å². The average molecular weight is 258 g/mol. The van der Waals surface area contributed by atoms with Crippen LogP contribution in [-0.4, -0.2) is 4.98 Å². The summed E-state index contributed by atoms with van der Waals surface area (Å²) in [5.41, 5.74) is -1.57. The molecule has 0 saturated heterocycles. The van der Waals surface area contributed by atoms with Crippen molar-refractivity contribution in [3.63, 3.8) is 0 Å². The molecule has 0 amide bonds. The van der Waals surface area contributed by atoms with Crippen molar-refractivity contribution in [3.05, 3.63) is 31.6 Å². The highest BCUT2D eigenvalue weighted by atomic mass is 79.9. The number of aromatic amines is 1. The number of alkyl halides is 2. The second-order valence-electron chi connectivity index (χ2n) is 2.01. The molecule has 1 aromatic rings. The van der Waals surface area contributed by atoms with Crippen LogP contribution in [0.5, 0.6) is 0 Å². The minimum Gasteiger partial charge on any atom is -0.316 e. The van der Waals surface area contributed by atoms with Crippen molar-refractivity contribution < 1.29 is 8.78 Å². The normalized spacial score (nSPS) is 10.8. The van der Waals surface area contributed by atoms with E-state index >= 15 is 0 Å². The zero-order chi connectivity index (χ0) is 9.30. The number of halogens is 4. The molecule has 1 N–H and O–H groups in total. The fraction of sp³-hybridized carbons (Fsp3) is 0.167. The minimum atomic E-state index is -2.85. The van der Waals surface area contributed by atoms with Gasteiger partial charge in [-0.3, -0.25) is 4.79 Å². The first-order valence-corrected chi connectivity index (χ1v) is 4.06. The van der Waals surface area contributed by atoms with E-state index in [1.807, 2.05) is 0 Å². The number of pyridine rings is 1. The molecule has 66 valence electrons. The van der Waals surface area contributed by atoms with E-state index in [2.05, 4.69) is 20.9 Å². The molecule has 0 aliphatic heterocycles. The van der Waals surface area contributed by atoms with Crippen LogP contribution in [0.1, 0.15) is 12.0 Å². The molecular formula is C6H3BrClF2NO. The quantitative estimate of drug-likeness (QED) is 0.772. The third-order valence-electron chi connectivity index (χ3n) is 1.21. The maximum atomic E-state index is 12.1. The van der Waals surface area contributed by atoms with Gasteiger partial charge in [0.15, 0.2) is 0 Å². The summed E-state index contributed by atoms with van der Waals surface area (Å²) in [5.74, 6) is 0. The molecule has 0 aliphatic carbocycles. The molecule has 12 heavy (non-hydrogen) atoms. The standard InChI is InChI=1S/C6H3BrClF2NO/c7-3-1-2(8)4(5(9)10)6(12)11-3/h1,5H,(H,11,12). The summed E-state index contributed by atoms with van der Waals surface area (Å²) in [4.78, 5) is 13.0. The molecule has 0 radical (unpaired) electrons. The molecule has 0 spiro atoms. The zero-order valence-corrected chi connectivity index (χ0v) is 7.92. The van der Waals surface area contributed by atoms with E-state index in [9.17, 15) is 13.6 Å². The molecule has 1 aromatic heterocycles. The van der Waals surface area contributed by atoms with Crippen LogP contribution in [-0.2, 0) is 0 Å². The van der Waals surface area contributed by atoms with Gasteiger partial charge >= 0.3 is 0 Å². The Labute approximate surface area is 79.7 Å². The minimum absolute atomic E-state index is 0.236. The van der Waals surface area contributed by atoms with Crippen molar-refractivity contribution in [1.82, 2.24) is 4.98 Å². The summed E-state index contributed by atoms with van der Waals surface area (Å²) < 4.78 is 24.5. The van der Waals surface area contributed by atoms with E-state index in [-0.39, 0.29) is 9.63 Å². The van der Waals surface area contributed by atoms with Gasteiger partial charge in [-0.2, -0.15) is 0 Å². The van der Waals surface area contributed by atoms with Gasteiger partial charge in [0.05, 0.1) is 9.63 Å². The van der Waals surface area contributed by atoms with Crippen molar-refractivity contribution in [2.75, 3.05) is 0 Å². The van der Waals surface area contributed by atoms with Crippen LogP contribution >= 0.6 is 27.5 Å². The van der Waals surface area contributed by atoms with Crippen LogP contribution in [0.4, 0.5) is 8.78 Å². The van der Waals surface area contributed by atoms with Gasteiger partial charge in [0, 0.05) is 0 Å². The smallest absolute Gasteiger partial charge is 0.270 e. The molecule has 1 heterocycles. The summed E-state index contributed by atoms with van der Waals surface area (Å²) in [5, 5.41) is -0.236. The number of nitrogens with one attached hydrogen (secondary N) is 1. The largest absolute Gasteiger partial charge is 0.316 e. The SMILES string of the molecule is O=c1[nH]c(Br)cc(Cl)c1C(F)F. The second kappa shape index (κ2) is 3.53. The topological polar surface area (TPSA) is 32.9 Å². The Hall–Kier alpha value is -0.420. The van der Waals surface area contributed by atoms with Gasteiger partial charge in [-0.15, -0.1) is 0 Å². The molecule has 0 aromatic carbocycles. The van der Waals surface area contributed by atoms with E-state index in [4.69, 9.17) is 11.6 Å². The summed E-state index contributed by atoms with van der Waals surface area (Å²) in [7, 11) is 0. The fourth-order valence-corrected chi connectivity index (χ4v) is 1.53. The van der Waals surface area contributed by atoms with Gasteiger partial charge < -0.3 is 4.98 Å². The van der Waals surface area contributed by atoms with Crippen molar-refractivity contribution in [2.24, 2.45) is 0 Å². The van der Waals surface area contributed by atoms with Crippen molar-refractivity contribution in [2.45, 2.75) is 6.43 Å². The van der Waals surface area contributed by atoms with E-state index in [1.165, 1.54) is 6.07 Å². The lowest BCUT2D eigenvalue weighted by atomic mass is 10.3. The lowest BCUT2D eigenvalue weighted by Gasteiger charge is -2.00. The highest BCUT2D eigenvalue weighted by molar-refractivity contribution is 9.10. The summed E-state index contributed by atoms with van der Waals surface area (Å²) >= 11 is 8.31. The molecule has 0 aliphatic rings. The molecular weight excluding hydrogens is 255 g/mol. The van der Waals surface area contributed by atoms with E-state index in [0.717, 1.165) is 0 Å². The number of H-pyrrole nitrogens is 1. The second-order valence-corrected chi connectivity index (χ2v) is 3.27. The molecule has 2 nitrogen and oxygen atoms in total. The lowest BCUT2D eigenvalue weighted by Crippen LogP contribution is -2.13. The zero-order valence-electron chi connectivity index (χ0n) is 5.57. The molecule has 0 bridgehead atoms. The maximum Gasteiger partial charge on any atom is 0.270 e. The maximum absolute atomic E-state index is 12.1. The molecule has 0 unspecified atom stereocenters. The highest BCUT2D eigenvalue weighted by Gasteiger charge is 2.16. The number of rotatable bonds is 1. The third-order valence-corrected chi connectivity index (χ3v) is 1.95. The Morgan fingerprint density at radius 2 is 2.17 bits per heavy atom. The highest BCUT2D eigenvalue weighted by Crippen LogP contribution is 2.24. The lowest BCUT2D eigenvalue weighted by molar-refractivity contribution is 0.149. The predicted octanol–water partition coefficient (Wildman–Crippen LogP) is 2.73. The average Bonchev–Trinajstić information content (AvgIpc) is 1.82. The first-order valence-electron chi connectivity index (χ1n) is 2.88. The van der Waals surface area contributed by atoms with Crippen LogP contribution in [0.15, 0.2) is 15.5 Å². The summed E-state index contributed by atoms with van der Waals surface area (Å²) in [6.45, 7) is 0. The summed E-state index contributed by atoms with van der Waals surface area (Å²) in [6.07, 6.45) is -2.85. The molecule has 0 atom stereocenters. The predicted molar refractivity (Wildman–Crippen MR) is 44.7 cm³/mol. The van der Waals surface area contributed by atoms with Crippen molar-refractivity contribution >= 4 is 27.5 Å². The molecule has 1 rings (SSSR count). The molecule has 6 heteroatoms. The van der Waals surface area contributed by atoms with Gasteiger partial charge in [0.25, 0.3) is 12.0 Å². The first-order chi connectivity index (χ1) is 5.52. The van der Waals surface area contributed by atoms with E-state index in [0.29, 0.717) is 0 Å². The number of hydrogen-bond donors (Lipinski definition) is 1. The van der Waals surface area contributed by atoms with Crippen LogP contribution < -0.4 is 5.56 Å². The Morgan fingerprint density at radius 1 is 1.58 bits per heavy atom.